The average Bonchev–Trinajstić information content (AvgIpc) is 2.43. The van der Waals surface area contributed by atoms with Crippen molar-refractivity contribution in [2.45, 2.75) is 25.3 Å². The van der Waals surface area contributed by atoms with Crippen LogP contribution in [0, 0.1) is 11.6 Å². The van der Waals surface area contributed by atoms with E-state index in [1.54, 1.807) is 24.3 Å². The van der Waals surface area contributed by atoms with Crippen molar-refractivity contribution in [3.05, 3.63) is 69.7 Å². The lowest BCUT2D eigenvalue weighted by molar-refractivity contribution is 0.401. The molecule has 0 heterocycles. The molecule has 0 aliphatic rings. The summed E-state index contributed by atoms with van der Waals surface area (Å²) >= 11 is 3.39. The molecule has 0 saturated heterocycles. The van der Waals surface area contributed by atoms with E-state index in [0.29, 0.717) is 18.4 Å². The van der Waals surface area contributed by atoms with Gasteiger partial charge in [0.25, 0.3) is 0 Å². The lowest BCUT2D eigenvalue weighted by Gasteiger charge is -2.30. The fourth-order valence-corrected chi connectivity index (χ4v) is 2.68. The number of hydrogen-bond donors (Lipinski definition) is 1. The Hall–Kier alpha value is -1.26. The van der Waals surface area contributed by atoms with Gasteiger partial charge in [0.2, 0.25) is 0 Å². The third kappa shape index (κ3) is 3.07. The minimum absolute atomic E-state index is 0.324. The summed E-state index contributed by atoms with van der Waals surface area (Å²) < 4.78 is 28.1. The van der Waals surface area contributed by atoms with Crippen molar-refractivity contribution in [3.8, 4) is 0 Å². The molecule has 0 radical (unpaired) electrons. The van der Waals surface area contributed by atoms with E-state index in [4.69, 9.17) is 5.73 Å². The molecule has 4 heteroatoms. The molecule has 0 spiro atoms. The van der Waals surface area contributed by atoms with Crippen molar-refractivity contribution in [1.82, 2.24) is 0 Å². The van der Waals surface area contributed by atoms with E-state index in [0.717, 1.165) is 10.0 Å². The van der Waals surface area contributed by atoms with Gasteiger partial charge in [-0.2, -0.15) is 0 Å². The number of halogens is 3. The van der Waals surface area contributed by atoms with Gasteiger partial charge in [0, 0.05) is 15.6 Å². The minimum atomic E-state index is -0.859. The van der Waals surface area contributed by atoms with Crippen molar-refractivity contribution < 1.29 is 8.78 Å². The molecule has 0 aliphatic heterocycles. The molecule has 0 bridgehead atoms. The maximum Gasteiger partial charge on any atom is 0.128 e. The first kappa shape index (κ1) is 15.1. The zero-order valence-electron chi connectivity index (χ0n) is 11.2. The van der Waals surface area contributed by atoms with Crippen LogP contribution >= 0.6 is 15.9 Å². The zero-order chi connectivity index (χ0) is 14.8. The van der Waals surface area contributed by atoms with Gasteiger partial charge in [-0.1, -0.05) is 41.1 Å². The van der Waals surface area contributed by atoms with Gasteiger partial charge in [-0.3, -0.25) is 0 Å². The zero-order valence-corrected chi connectivity index (χ0v) is 12.8. The second kappa shape index (κ2) is 6.02. The highest BCUT2D eigenvalue weighted by Gasteiger charge is 2.29. The topological polar surface area (TPSA) is 26.0 Å². The van der Waals surface area contributed by atoms with Crippen molar-refractivity contribution in [2.24, 2.45) is 5.73 Å². The molecule has 0 fully saturated rings. The Morgan fingerprint density at radius 2 is 1.85 bits per heavy atom. The molecule has 0 aliphatic carbocycles. The maximum atomic E-state index is 14.0. The summed E-state index contributed by atoms with van der Waals surface area (Å²) in [5, 5.41) is 0. The summed E-state index contributed by atoms with van der Waals surface area (Å²) in [6.07, 6.45) is 0.916. The van der Waals surface area contributed by atoms with Gasteiger partial charge in [-0.25, -0.2) is 8.78 Å². The first-order chi connectivity index (χ1) is 9.46. The fourth-order valence-electron chi connectivity index (χ4n) is 2.29. The summed E-state index contributed by atoms with van der Waals surface area (Å²) in [4.78, 5) is 0. The van der Waals surface area contributed by atoms with Crippen LogP contribution in [0.3, 0.4) is 0 Å². The predicted molar refractivity (Wildman–Crippen MR) is 80.4 cm³/mol. The minimum Gasteiger partial charge on any atom is -0.321 e. The van der Waals surface area contributed by atoms with Crippen LogP contribution in [-0.4, -0.2) is 0 Å². The second-order valence-corrected chi connectivity index (χ2v) is 5.76. The van der Waals surface area contributed by atoms with Gasteiger partial charge in [-0.05, 0) is 42.7 Å². The molecule has 2 aromatic carbocycles. The van der Waals surface area contributed by atoms with E-state index in [1.165, 1.54) is 18.2 Å². The van der Waals surface area contributed by atoms with E-state index in [2.05, 4.69) is 15.9 Å². The molecular weight excluding hydrogens is 324 g/mol. The standard InChI is InChI=1S/C16H16BrF2N/c1-2-16(20,13-5-3-4-6-15(13)19)10-11-9-12(18)7-8-14(11)17/h3-9H,2,10,20H2,1H3. The Morgan fingerprint density at radius 3 is 2.50 bits per heavy atom. The number of nitrogens with two attached hydrogens (primary N) is 1. The highest BCUT2D eigenvalue weighted by atomic mass is 79.9. The van der Waals surface area contributed by atoms with Crippen molar-refractivity contribution in [3.63, 3.8) is 0 Å². The van der Waals surface area contributed by atoms with Crippen molar-refractivity contribution in [2.75, 3.05) is 0 Å². The second-order valence-electron chi connectivity index (χ2n) is 4.90. The van der Waals surface area contributed by atoms with Gasteiger partial charge in [0.05, 0.1) is 0 Å². The molecule has 0 saturated carbocycles. The largest absolute Gasteiger partial charge is 0.321 e. The monoisotopic (exact) mass is 339 g/mol. The SMILES string of the molecule is CCC(N)(Cc1cc(F)ccc1Br)c1ccccc1F. The maximum absolute atomic E-state index is 14.0. The average molecular weight is 340 g/mol. The van der Waals surface area contributed by atoms with Crippen molar-refractivity contribution >= 4 is 15.9 Å². The van der Waals surface area contributed by atoms with Gasteiger partial charge < -0.3 is 5.73 Å². The Morgan fingerprint density at radius 1 is 1.15 bits per heavy atom. The molecule has 2 N–H and O–H groups in total. The quantitative estimate of drug-likeness (QED) is 0.869. The van der Waals surface area contributed by atoms with Crippen LogP contribution in [0.15, 0.2) is 46.9 Å². The van der Waals surface area contributed by atoms with Crippen molar-refractivity contribution in [1.29, 1.82) is 0 Å². The summed E-state index contributed by atoms with van der Waals surface area (Å²) in [5.74, 6) is -0.653. The summed E-state index contributed by atoms with van der Waals surface area (Å²) in [6, 6.07) is 10.9. The Bertz CT molecular complexity index is 615. The molecule has 0 aromatic heterocycles. The first-order valence-electron chi connectivity index (χ1n) is 6.44. The Kier molecular flexibility index (Phi) is 4.55. The van der Waals surface area contributed by atoms with Crippen LogP contribution in [0.25, 0.3) is 0 Å². The van der Waals surface area contributed by atoms with E-state index in [9.17, 15) is 8.78 Å². The number of benzene rings is 2. The molecule has 20 heavy (non-hydrogen) atoms. The fraction of sp³-hybridized carbons (Fsp3) is 0.250. The van der Waals surface area contributed by atoms with Crippen LogP contribution in [0.5, 0.6) is 0 Å². The molecule has 106 valence electrons. The van der Waals surface area contributed by atoms with Crippen LogP contribution < -0.4 is 5.73 Å². The van der Waals surface area contributed by atoms with Gasteiger partial charge >= 0.3 is 0 Å². The predicted octanol–water partition coefficient (Wildman–Crippen LogP) is 4.53. The molecule has 2 aromatic rings. The molecule has 1 nitrogen and oxygen atoms in total. The van der Waals surface area contributed by atoms with Gasteiger partial charge in [0.1, 0.15) is 11.6 Å². The Labute approximate surface area is 125 Å². The first-order valence-corrected chi connectivity index (χ1v) is 7.23. The van der Waals surface area contributed by atoms with Crippen LogP contribution in [0.2, 0.25) is 0 Å². The highest BCUT2D eigenvalue weighted by Crippen LogP contribution is 2.31. The van der Waals surface area contributed by atoms with E-state index < -0.39 is 5.54 Å². The van der Waals surface area contributed by atoms with E-state index in [-0.39, 0.29) is 11.6 Å². The van der Waals surface area contributed by atoms with Crippen LogP contribution in [0.1, 0.15) is 24.5 Å². The summed E-state index contributed by atoms with van der Waals surface area (Å²) in [6.45, 7) is 1.90. The van der Waals surface area contributed by atoms with E-state index >= 15 is 0 Å². The third-order valence-electron chi connectivity index (χ3n) is 3.55. The molecule has 0 amide bonds. The molecule has 1 atom stereocenters. The lowest BCUT2D eigenvalue weighted by Crippen LogP contribution is -2.39. The Balaban J connectivity index is 2.42. The molecule has 2 rings (SSSR count). The summed E-state index contributed by atoms with van der Waals surface area (Å²) in [7, 11) is 0. The molecular formula is C16H16BrF2N. The third-order valence-corrected chi connectivity index (χ3v) is 4.33. The van der Waals surface area contributed by atoms with Gasteiger partial charge in [0.15, 0.2) is 0 Å². The van der Waals surface area contributed by atoms with Crippen LogP contribution in [0.4, 0.5) is 8.78 Å². The smallest absolute Gasteiger partial charge is 0.128 e. The molecule has 1 unspecified atom stereocenters. The van der Waals surface area contributed by atoms with E-state index in [1.807, 2.05) is 6.92 Å². The highest BCUT2D eigenvalue weighted by molar-refractivity contribution is 9.10. The summed E-state index contributed by atoms with van der Waals surface area (Å²) in [5.41, 5.74) is 6.72. The normalized spacial score (nSPS) is 14.1. The van der Waals surface area contributed by atoms with Gasteiger partial charge in [-0.15, -0.1) is 0 Å². The lowest BCUT2D eigenvalue weighted by atomic mass is 9.82. The number of rotatable bonds is 4. The van der Waals surface area contributed by atoms with Crippen LogP contribution in [-0.2, 0) is 12.0 Å². The number of hydrogen-bond acceptors (Lipinski definition) is 1.